The number of nitrogens with zero attached hydrogens (tertiary/aromatic N) is 3. The van der Waals surface area contributed by atoms with Crippen molar-refractivity contribution in [2.75, 3.05) is 5.75 Å². The predicted molar refractivity (Wildman–Crippen MR) is 122 cm³/mol. The van der Waals surface area contributed by atoms with E-state index in [1.54, 1.807) is 42.5 Å². The normalized spacial score (nSPS) is 17.3. The van der Waals surface area contributed by atoms with Gasteiger partial charge in [-0.2, -0.15) is 9.39 Å². The average Bonchev–Trinajstić information content (AvgIpc) is 3.22. The van der Waals surface area contributed by atoms with Crippen LogP contribution in [0.15, 0.2) is 63.5 Å². The molecule has 1 amide bonds. The fourth-order valence-corrected chi connectivity index (χ4v) is 4.89. The number of benzene rings is 2. The van der Waals surface area contributed by atoms with Gasteiger partial charge in [-0.25, -0.2) is 17.7 Å². The third kappa shape index (κ3) is 4.21. The van der Waals surface area contributed by atoms with Crippen molar-refractivity contribution in [3.63, 3.8) is 0 Å². The van der Waals surface area contributed by atoms with Crippen molar-refractivity contribution in [1.29, 1.82) is 5.41 Å². The average molecular weight is 473 g/mol. The Kier molecular flexibility index (Phi) is 5.94. The number of aliphatic imine (C=N–C) groups is 1. The quantitative estimate of drug-likeness (QED) is 0.527. The van der Waals surface area contributed by atoms with Crippen LogP contribution in [0.5, 0.6) is 5.75 Å². The number of nitrogens with one attached hydrogen (secondary N) is 1. The largest absolute Gasteiger partial charge is 0.489 e. The lowest BCUT2D eigenvalue weighted by molar-refractivity contribution is -0.114. The van der Waals surface area contributed by atoms with Gasteiger partial charge in [0, 0.05) is 5.56 Å². The smallest absolute Gasteiger partial charge is 0.283 e. The zero-order valence-corrected chi connectivity index (χ0v) is 18.4. The monoisotopic (exact) mass is 472 g/mol. The molecule has 2 aromatic rings. The Morgan fingerprint density at radius 3 is 2.59 bits per heavy atom. The van der Waals surface area contributed by atoms with Gasteiger partial charge in [-0.15, -0.1) is 0 Å². The SMILES string of the molecule is CCS(=O)(=O)C1=NSC2=NC(=O)/C(=C\c3ccc(OCc4ccccc4F)cc3)C(=N)N21. The van der Waals surface area contributed by atoms with Crippen LogP contribution in [-0.4, -0.2) is 41.1 Å². The lowest BCUT2D eigenvalue weighted by atomic mass is 10.1. The number of hydrogen-bond donors (Lipinski definition) is 1. The maximum atomic E-state index is 13.7. The van der Waals surface area contributed by atoms with E-state index in [2.05, 4.69) is 9.39 Å². The molecule has 0 saturated heterocycles. The molecule has 0 aromatic heterocycles. The van der Waals surface area contributed by atoms with E-state index >= 15 is 0 Å². The molecular formula is C21H17FN4O4S2. The maximum absolute atomic E-state index is 13.7. The molecule has 2 aliphatic heterocycles. The number of hydrogen-bond acceptors (Lipinski definition) is 7. The Bertz CT molecular complexity index is 1300. The van der Waals surface area contributed by atoms with Gasteiger partial charge in [0.1, 0.15) is 24.0 Å². The molecule has 0 spiro atoms. The topological polar surface area (TPSA) is 112 Å². The molecule has 11 heteroatoms. The first kappa shape index (κ1) is 21.9. The third-order valence-corrected chi connectivity index (χ3v) is 7.10. The molecule has 2 heterocycles. The number of ether oxygens (including phenoxy) is 1. The standard InChI is InChI=1S/C21H17FN4O4S2/c1-2-32(28,29)21-25-31-20-24-19(27)16(18(23)26(20)21)11-13-7-9-15(10-8-13)30-12-14-5-3-4-6-17(14)22/h3-11,23H,2,12H2,1H3/b16-11-,23-18?. The highest BCUT2D eigenvalue weighted by molar-refractivity contribution is 8.16. The Hall–Kier alpha value is -3.31. The molecule has 0 radical (unpaired) electrons. The van der Waals surface area contributed by atoms with Crippen molar-refractivity contribution < 1.29 is 22.3 Å². The van der Waals surface area contributed by atoms with Gasteiger partial charge in [0.15, 0.2) is 0 Å². The molecule has 164 valence electrons. The number of fused-ring (bicyclic) bond motifs is 1. The highest BCUT2D eigenvalue weighted by Crippen LogP contribution is 2.30. The molecule has 0 atom stereocenters. The minimum Gasteiger partial charge on any atom is -0.489 e. The van der Waals surface area contributed by atoms with Crippen molar-refractivity contribution >= 4 is 49.9 Å². The van der Waals surface area contributed by atoms with E-state index < -0.39 is 15.7 Å². The predicted octanol–water partition coefficient (Wildman–Crippen LogP) is 3.42. The summed E-state index contributed by atoms with van der Waals surface area (Å²) in [4.78, 5) is 17.4. The van der Waals surface area contributed by atoms with Crippen molar-refractivity contribution in [3.05, 3.63) is 71.0 Å². The zero-order chi connectivity index (χ0) is 22.9. The second-order valence-corrected chi connectivity index (χ2v) is 9.66. The minimum atomic E-state index is -3.70. The van der Waals surface area contributed by atoms with Crippen LogP contribution in [0.2, 0.25) is 0 Å². The Morgan fingerprint density at radius 2 is 1.91 bits per heavy atom. The summed E-state index contributed by atoms with van der Waals surface area (Å²) < 4.78 is 47.8. The number of rotatable bonds is 5. The molecule has 4 rings (SSSR count). The van der Waals surface area contributed by atoms with Gasteiger partial charge < -0.3 is 4.74 Å². The summed E-state index contributed by atoms with van der Waals surface area (Å²) in [5.41, 5.74) is 0.950. The lowest BCUT2D eigenvalue weighted by Gasteiger charge is -2.24. The van der Waals surface area contributed by atoms with Crippen molar-refractivity contribution in [2.45, 2.75) is 13.5 Å². The van der Waals surface area contributed by atoms with Gasteiger partial charge >= 0.3 is 0 Å². The maximum Gasteiger partial charge on any atom is 0.283 e. The molecular weight excluding hydrogens is 455 g/mol. The van der Waals surface area contributed by atoms with E-state index in [1.165, 1.54) is 19.1 Å². The van der Waals surface area contributed by atoms with Crippen LogP contribution in [0, 0.1) is 11.2 Å². The van der Waals surface area contributed by atoms with Gasteiger partial charge in [-0.3, -0.25) is 10.2 Å². The highest BCUT2D eigenvalue weighted by atomic mass is 32.2. The fraction of sp³-hybridized carbons (Fsp3) is 0.143. The van der Waals surface area contributed by atoms with Crippen LogP contribution in [0.4, 0.5) is 4.39 Å². The second-order valence-electron chi connectivity index (χ2n) is 6.76. The van der Waals surface area contributed by atoms with E-state index in [0.29, 0.717) is 16.9 Å². The second kappa shape index (κ2) is 8.67. The van der Waals surface area contributed by atoms with E-state index in [1.807, 2.05) is 0 Å². The van der Waals surface area contributed by atoms with Crippen LogP contribution < -0.4 is 4.74 Å². The number of amidine groups is 3. The van der Waals surface area contributed by atoms with E-state index in [4.69, 9.17) is 10.1 Å². The summed E-state index contributed by atoms with van der Waals surface area (Å²) >= 11 is 0.752. The van der Waals surface area contributed by atoms with Crippen molar-refractivity contribution in [3.8, 4) is 5.75 Å². The van der Waals surface area contributed by atoms with Gasteiger partial charge in [0.05, 0.1) is 23.3 Å². The summed E-state index contributed by atoms with van der Waals surface area (Å²) in [7, 11) is -3.70. The molecule has 2 aliphatic rings. The van der Waals surface area contributed by atoms with Crippen LogP contribution in [0.1, 0.15) is 18.1 Å². The minimum absolute atomic E-state index is 0.0427. The summed E-state index contributed by atoms with van der Waals surface area (Å²) in [5.74, 6) is -0.999. The number of amides is 1. The molecule has 32 heavy (non-hydrogen) atoms. The molecule has 2 aromatic carbocycles. The molecule has 0 fully saturated rings. The van der Waals surface area contributed by atoms with E-state index in [9.17, 15) is 17.6 Å². The summed E-state index contributed by atoms with van der Waals surface area (Å²) in [6.07, 6.45) is 1.45. The van der Waals surface area contributed by atoms with E-state index in [-0.39, 0.29) is 39.9 Å². The summed E-state index contributed by atoms with van der Waals surface area (Å²) in [5, 5.41) is 8.14. The fourth-order valence-electron chi connectivity index (χ4n) is 2.93. The van der Waals surface area contributed by atoms with Crippen molar-refractivity contribution in [1.82, 2.24) is 4.90 Å². The summed E-state index contributed by atoms with van der Waals surface area (Å²) in [6, 6.07) is 13.0. The first-order valence-corrected chi connectivity index (χ1v) is 11.9. The first-order chi connectivity index (χ1) is 15.3. The van der Waals surface area contributed by atoms with Gasteiger partial charge in [0.25, 0.3) is 5.91 Å². The molecule has 0 bridgehead atoms. The Labute approximate surface area is 188 Å². The number of sulfone groups is 1. The zero-order valence-electron chi connectivity index (χ0n) is 16.8. The molecule has 0 aliphatic carbocycles. The Balaban J connectivity index is 1.53. The van der Waals surface area contributed by atoms with Crippen LogP contribution >= 0.6 is 11.9 Å². The summed E-state index contributed by atoms with van der Waals surface area (Å²) in [6.45, 7) is 1.54. The number of carbonyl (C=O) groups is 1. The molecule has 0 saturated carbocycles. The first-order valence-electron chi connectivity index (χ1n) is 9.48. The van der Waals surface area contributed by atoms with Gasteiger partial charge in [-0.05, 0) is 29.8 Å². The Morgan fingerprint density at radius 1 is 1.19 bits per heavy atom. The third-order valence-electron chi connectivity index (χ3n) is 4.70. The van der Waals surface area contributed by atoms with Gasteiger partial charge in [-0.1, -0.05) is 37.3 Å². The highest BCUT2D eigenvalue weighted by Gasteiger charge is 2.42. The molecule has 1 N–H and O–H groups in total. The van der Waals surface area contributed by atoms with E-state index in [0.717, 1.165) is 16.8 Å². The van der Waals surface area contributed by atoms with Crippen LogP contribution in [-0.2, 0) is 21.2 Å². The lowest BCUT2D eigenvalue weighted by Crippen LogP contribution is -2.45. The van der Waals surface area contributed by atoms with Crippen LogP contribution in [0.25, 0.3) is 6.08 Å². The molecule has 0 unspecified atom stereocenters. The molecule has 8 nitrogen and oxygen atoms in total. The number of halogens is 1. The van der Waals surface area contributed by atoms with Crippen LogP contribution in [0.3, 0.4) is 0 Å². The van der Waals surface area contributed by atoms with Crippen molar-refractivity contribution in [2.24, 2.45) is 9.39 Å². The number of carbonyl (C=O) groups excluding carboxylic acids is 1. The van der Waals surface area contributed by atoms with Gasteiger partial charge in [0.2, 0.25) is 20.2 Å².